The quantitative estimate of drug-likeness (QED) is 0.836. The zero-order valence-corrected chi connectivity index (χ0v) is 13.1. The highest BCUT2D eigenvalue weighted by molar-refractivity contribution is 7.90. The molecule has 0 saturated heterocycles. The lowest BCUT2D eigenvalue weighted by Crippen LogP contribution is -2.38. The third-order valence-corrected chi connectivity index (χ3v) is 4.15. The molecule has 0 fully saturated rings. The van der Waals surface area contributed by atoms with Crippen molar-refractivity contribution in [2.24, 2.45) is 5.92 Å². The van der Waals surface area contributed by atoms with Crippen molar-refractivity contribution in [1.29, 1.82) is 0 Å². The van der Waals surface area contributed by atoms with Gasteiger partial charge in [0.25, 0.3) is 15.9 Å². The molecule has 1 unspecified atom stereocenters. The Labute approximate surface area is 124 Å². The maximum atomic E-state index is 12.8. The Balaban J connectivity index is 2.62. The molecule has 5 nitrogen and oxygen atoms in total. The molecule has 1 amide bonds. The minimum atomic E-state index is -4.01. The van der Waals surface area contributed by atoms with E-state index in [1.54, 1.807) is 0 Å². The predicted molar refractivity (Wildman–Crippen MR) is 76.6 cm³/mol. The summed E-state index contributed by atoms with van der Waals surface area (Å²) in [6.45, 7) is 5.90. The van der Waals surface area contributed by atoms with Crippen LogP contribution in [0.25, 0.3) is 0 Å². The van der Waals surface area contributed by atoms with Gasteiger partial charge in [0.05, 0.1) is 4.90 Å². The Kier molecular flexibility index (Phi) is 6.29. The number of hydrogen-bond acceptors (Lipinski definition) is 4. The van der Waals surface area contributed by atoms with E-state index < -0.39 is 27.9 Å². The van der Waals surface area contributed by atoms with E-state index in [-0.39, 0.29) is 4.90 Å². The number of carbonyl (C=O) groups is 1. The van der Waals surface area contributed by atoms with Gasteiger partial charge in [0.2, 0.25) is 0 Å². The number of rotatable bonds is 7. The average Bonchev–Trinajstić information content (AvgIpc) is 2.38. The molecule has 0 aliphatic carbocycles. The summed E-state index contributed by atoms with van der Waals surface area (Å²) in [6.07, 6.45) is -0.0959. The van der Waals surface area contributed by atoms with Gasteiger partial charge >= 0.3 is 0 Å². The first-order valence-electron chi connectivity index (χ1n) is 6.66. The highest BCUT2D eigenvalue weighted by atomic mass is 32.2. The molecule has 1 rings (SSSR count). The fourth-order valence-corrected chi connectivity index (χ4v) is 2.49. The van der Waals surface area contributed by atoms with Crippen LogP contribution in [0.4, 0.5) is 4.39 Å². The molecule has 21 heavy (non-hydrogen) atoms. The van der Waals surface area contributed by atoms with E-state index in [0.717, 1.165) is 30.7 Å². The Hall–Kier alpha value is -1.47. The van der Waals surface area contributed by atoms with Crippen molar-refractivity contribution >= 4 is 15.9 Å². The van der Waals surface area contributed by atoms with Crippen molar-refractivity contribution in [2.75, 3.05) is 6.61 Å². The van der Waals surface area contributed by atoms with E-state index in [0.29, 0.717) is 12.5 Å². The third kappa shape index (κ3) is 5.81. The van der Waals surface area contributed by atoms with Crippen molar-refractivity contribution in [2.45, 2.75) is 38.2 Å². The van der Waals surface area contributed by atoms with Gasteiger partial charge in [0, 0.05) is 6.61 Å². The van der Waals surface area contributed by atoms with Gasteiger partial charge in [0.15, 0.2) is 0 Å². The molecule has 1 aromatic carbocycles. The Morgan fingerprint density at radius 3 is 2.33 bits per heavy atom. The van der Waals surface area contributed by atoms with Crippen molar-refractivity contribution in [3.63, 3.8) is 0 Å². The normalized spacial score (nSPS) is 13.2. The summed E-state index contributed by atoms with van der Waals surface area (Å²) in [5.74, 6) is -0.864. The average molecular weight is 317 g/mol. The van der Waals surface area contributed by atoms with Gasteiger partial charge in [-0.05, 0) is 43.5 Å². The SMILES string of the molecule is CC(C)CCOC(C)C(=O)NS(=O)(=O)c1ccc(F)cc1. The number of nitrogens with one attached hydrogen (secondary N) is 1. The number of ether oxygens (including phenoxy) is 1. The van der Waals surface area contributed by atoms with Gasteiger partial charge in [-0.15, -0.1) is 0 Å². The molecule has 0 radical (unpaired) electrons. The maximum Gasteiger partial charge on any atom is 0.264 e. The first-order valence-corrected chi connectivity index (χ1v) is 8.14. The van der Waals surface area contributed by atoms with Crippen LogP contribution in [0.1, 0.15) is 27.2 Å². The summed E-state index contributed by atoms with van der Waals surface area (Å²) in [4.78, 5) is 11.6. The van der Waals surface area contributed by atoms with Gasteiger partial charge < -0.3 is 4.74 Å². The van der Waals surface area contributed by atoms with Gasteiger partial charge in [-0.1, -0.05) is 13.8 Å². The molecule has 0 spiro atoms. The number of hydrogen-bond donors (Lipinski definition) is 1. The van der Waals surface area contributed by atoms with Gasteiger partial charge in [-0.2, -0.15) is 0 Å². The van der Waals surface area contributed by atoms with Crippen molar-refractivity contribution in [3.05, 3.63) is 30.1 Å². The highest BCUT2D eigenvalue weighted by Crippen LogP contribution is 2.10. The van der Waals surface area contributed by atoms with Crippen molar-refractivity contribution in [1.82, 2.24) is 4.72 Å². The topological polar surface area (TPSA) is 72.5 Å². The molecular weight excluding hydrogens is 297 g/mol. The van der Waals surface area contributed by atoms with Crippen LogP contribution in [0.5, 0.6) is 0 Å². The Morgan fingerprint density at radius 1 is 1.24 bits per heavy atom. The second-order valence-corrected chi connectivity index (χ2v) is 6.80. The summed E-state index contributed by atoms with van der Waals surface area (Å²) < 4.78 is 43.8. The van der Waals surface area contributed by atoms with Crippen LogP contribution in [0, 0.1) is 11.7 Å². The van der Waals surface area contributed by atoms with Crippen LogP contribution in [0.3, 0.4) is 0 Å². The second kappa shape index (κ2) is 7.51. The number of amides is 1. The van der Waals surface area contributed by atoms with E-state index in [2.05, 4.69) is 0 Å². The Bertz CT molecular complexity index is 569. The lowest BCUT2D eigenvalue weighted by molar-refractivity contribution is -0.130. The van der Waals surface area contributed by atoms with E-state index in [9.17, 15) is 17.6 Å². The Morgan fingerprint density at radius 2 is 1.81 bits per heavy atom. The fraction of sp³-hybridized carbons (Fsp3) is 0.500. The minimum absolute atomic E-state index is 0.174. The molecule has 7 heteroatoms. The van der Waals surface area contributed by atoms with Crippen molar-refractivity contribution in [3.8, 4) is 0 Å². The number of sulfonamides is 1. The molecular formula is C14H20FNO4S. The minimum Gasteiger partial charge on any atom is -0.369 e. The van der Waals surface area contributed by atoms with Crippen LogP contribution in [-0.4, -0.2) is 27.0 Å². The van der Waals surface area contributed by atoms with E-state index in [1.807, 2.05) is 18.6 Å². The molecule has 0 aliphatic rings. The third-order valence-electron chi connectivity index (χ3n) is 2.79. The fourth-order valence-electron chi connectivity index (χ4n) is 1.44. The molecule has 0 aromatic heterocycles. The lowest BCUT2D eigenvalue weighted by Gasteiger charge is -2.14. The lowest BCUT2D eigenvalue weighted by atomic mass is 10.1. The first kappa shape index (κ1) is 17.6. The van der Waals surface area contributed by atoms with Gasteiger partial charge in [0.1, 0.15) is 11.9 Å². The van der Waals surface area contributed by atoms with Gasteiger partial charge in [-0.25, -0.2) is 17.5 Å². The van der Waals surface area contributed by atoms with E-state index >= 15 is 0 Å². The van der Waals surface area contributed by atoms with Crippen LogP contribution in [0.2, 0.25) is 0 Å². The first-order chi connectivity index (χ1) is 9.72. The molecule has 118 valence electrons. The smallest absolute Gasteiger partial charge is 0.264 e. The molecule has 0 saturated carbocycles. The second-order valence-electron chi connectivity index (χ2n) is 5.12. The van der Waals surface area contributed by atoms with E-state index in [4.69, 9.17) is 4.74 Å². The molecule has 1 N–H and O–H groups in total. The zero-order chi connectivity index (χ0) is 16.0. The van der Waals surface area contributed by atoms with Crippen LogP contribution < -0.4 is 4.72 Å². The summed E-state index contributed by atoms with van der Waals surface area (Å²) in [6, 6.07) is 4.22. The summed E-state index contributed by atoms with van der Waals surface area (Å²) in [7, 11) is -4.01. The number of halogens is 1. The summed E-state index contributed by atoms with van der Waals surface area (Å²) in [5, 5.41) is 0. The molecule has 1 aromatic rings. The maximum absolute atomic E-state index is 12.8. The summed E-state index contributed by atoms with van der Waals surface area (Å²) in [5.41, 5.74) is 0. The monoisotopic (exact) mass is 317 g/mol. The highest BCUT2D eigenvalue weighted by Gasteiger charge is 2.22. The van der Waals surface area contributed by atoms with Crippen molar-refractivity contribution < 1.29 is 22.3 Å². The van der Waals surface area contributed by atoms with E-state index in [1.165, 1.54) is 6.92 Å². The standard InChI is InChI=1S/C14H20FNO4S/c1-10(2)8-9-20-11(3)14(17)16-21(18,19)13-6-4-12(15)5-7-13/h4-7,10-11H,8-9H2,1-3H3,(H,16,17). The van der Waals surface area contributed by atoms with Gasteiger partial charge in [-0.3, -0.25) is 4.79 Å². The molecule has 0 heterocycles. The van der Waals surface area contributed by atoms with Crippen LogP contribution >= 0.6 is 0 Å². The predicted octanol–water partition coefficient (Wildman–Crippen LogP) is 2.08. The number of carbonyl (C=O) groups excluding carboxylic acids is 1. The molecule has 0 bridgehead atoms. The summed E-state index contributed by atoms with van der Waals surface area (Å²) >= 11 is 0. The number of benzene rings is 1. The molecule has 0 aliphatic heterocycles. The zero-order valence-electron chi connectivity index (χ0n) is 12.3. The molecule has 1 atom stereocenters. The van der Waals surface area contributed by atoms with Crippen LogP contribution in [0.15, 0.2) is 29.2 Å². The van der Waals surface area contributed by atoms with Crippen LogP contribution in [-0.2, 0) is 19.6 Å². The largest absolute Gasteiger partial charge is 0.369 e.